The fraction of sp³-hybridized carbons (Fsp3) is 1.00. The first-order chi connectivity index (χ1) is 9.52. The summed E-state index contributed by atoms with van der Waals surface area (Å²) in [6.45, 7) is 11.8. The van der Waals surface area contributed by atoms with Crippen molar-refractivity contribution in [1.29, 1.82) is 0 Å². The average molecular weight is 281 g/mol. The van der Waals surface area contributed by atoms with Gasteiger partial charge in [0.1, 0.15) is 0 Å². The summed E-state index contributed by atoms with van der Waals surface area (Å²) in [5.41, 5.74) is 6.63. The molecule has 5 atom stereocenters. The molecule has 20 heavy (non-hydrogen) atoms. The smallest absolute Gasteiger partial charge is 0.0334 e. The lowest BCUT2D eigenvalue weighted by Crippen LogP contribution is -2.61. The number of likely N-dealkylation sites (tertiary alicyclic amines) is 1. The molecule has 0 amide bonds. The summed E-state index contributed by atoms with van der Waals surface area (Å²) in [6, 6.07) is 0.702. The van der Waals surface area contributed by atoms with Crippen molar-refractivity contribution in [3.8, 4) is 0 Å². The first-order valence-corrected chi connectivity index (χ1v) is 8.99. The Bertz CT molecular complexity index is 304. The molecular weight excluding hydrogens is 244 g/mol. The zero-order chi connectivity index (χ0) is 14.8. The molecule has 2 N–H and O–H groups in total. The average Bonchev–Trinajstić information content (AvgIpc) is 2.65. The molecule has 2 rings (SSSR count). The van der Waals surface area contributed by atoms with Gasteiger partial charge in [0, 0.05) is 24.7 Å². The zero-order valence-electron chi connectivity index (χ0n) is 14.2. The minimum Gasteiger partial charge on any atom is -0.329 e. The van der Waals surface area contributed by atoms with E-state index in [1.807, 2.05) is 0 Å². The highest BCUT2D eigenvalue weighted by atomic mass is 15.2. The van der Waals surface area contributed by atoms with Gasteiger partial charge in [0.15, 0.2) is 0 Å². The molecule has 118 valence electrons. The SMILES string of the molecule is CCC1CCCC(CN)(N2CC(C)CC(C)C2C)CC1. The molecule has 1 heterocycles. The van der Waals surface area contributed by atoms with Crippen molar-refractivity contribution in [2.45, 2.75) is 84.2 Å². The van der Waals surface area contributed by atoms with E-state index < -0.39 is 0 Å². The van der Waals surface area contributed by atoms with Gasteiger partial charge in [-0.05, 0) is 50.4 Å². The summed E-state index contributed by atoms with van der Waals surface area (Å²) >= 11 is 0. The predicted octanol–water partition coefficient (Wildman–Crippen LogP) is 4.04. The van der Waals surface area contributed by atoms with Crippen LogP contribution in [0.2, 0.25) is 0 Å². The maximum Gasteiger partial charge on any atom is 0.0334 e. The van der Waals surface area contributed by atoms with Gasteiger partial charge in [0.05, 0.1) is 0 Å². The van der Waals surface area contributed by atoms with Crippen molar-refractivity contribution in [3.05, 3.63) is 0 Å². The Hall–Kier alpha value is -0.0800. The Morgan fingerprint density at radius 2 is 1.90 bits per heavy atom. The van der Waals surface area contributed by atoms with Crippen LogP contribution < -0.4 is 5.73 Å². The van der Waals surface area contributed by atoms with Crippen LogP contribution in [0.1, 0.15) is 72.6 Å². The number of nitrogens with two attached hydrogens (primary N) is 1. The molecule has 1 aliphatic heterocycles. The van der Waals surface area contributed by atoms with Gasteiger partial charge in [-0.3, -0.25) is 4.90 Å². The molecular formula is C18H36N2. The largest absolute Gasteiger partial charge is 0.329 e. The Morgan fingerprint density at radius 3 is 2.55 bits per heavy atom. The van der Waals surface area contributed by atoms with Crippen LogP contribution in [-0.2, 0) is 0 Å². The minimum absolute atomic E-state index is 0.298. The third kappa shape index (κ3) is 3.22. The highest BCUT2D eigenvalue weighted by Crippen LogP contribution is 2.40. The van der Waals surface area contributed by atoms with Crippen LogP contribution in [0.3, 0.4) is 0 Å². The standard InChI is InChI=1S/C18H36N2/c1-5-17-7-6-9-18(13-19,10-8-17)20-12-14(2)11-15(3)16(20)4/h14-17H,5-13,19H2,1-4H3. The molecule has 0 aromatic rings. The Morgan fingerprint density at radius 1 is 1.15 bits per heavy atom. The van der Waals surface area contributed by atoms with Gasteiger partial charge in [0.25, 0.3) is 0 Å². The van der Waals surface area contributed by atoms with Crippen molar-refractivity contribution >= 4 is 0 Å². The molecule has 0 bridgehead atoms. The Labute approximate surface area is 126 Å². The third-order valence-electron chi connectivity index (χ3n) is 6.44. The minimum atomic E-state index is 0.298. The van der Waals surface area contributed by atoms with E-state index in [0.717, 1.165) is 24.3 Å². The van der Waals surface area contributed by atoms with Crippen LogP contribution in [0.4, 0.5) is 0 Å². The van der Waals surface area contributed by atoms with E-state index in [1.54, 1.807) is 0 Å². The quantitative estimate of drug-likeness (QED) is 0.791. The van der Waals surface area contributed by atoms with Crippen LogP contribution in [0, 0.1) is 17.8 Å². The molecule has 0 radical (unpaired) electrons. The number of piperidine rings is 1. The van der Waals surface area contributed by atoms with Gasteiger partial charge >= 0.3 is 0 Å². The van der Waals surface area contributed by atoms with Gasteiger partial charge < -0.3 is 5.73 Å². The molecule has 2 aliphatic rings. The number of hydrogen-bond donors (Lipinski definition) is 1. The normalized spacial score (nSPS) is 44.2. The lowest BCUT2D eigenvalue weighted by molar-refractivity contribution is -0.0247. The molecule has 0 spiro atoms. The fourth-order valence-corrected chi connectivity index (χ4v) is 4.82. The second kappa shape index (κ2) is 6.79. The van der Waals surface area contributed by atoms with E-state index in [1.165, 1.54) is 51.5 Å². The van der Waals surface area contributed by atoms with E-state index >= 15 is 0 Å². The molecule has 1 saturated carbocycles. The van der Waals surface area contributed by atoms with Gasteiger partial charge in [-0.2, -0.15) is 0 Å². The Balaban J connectivity index is 2.16. The second-order valence-electron chi connectivity index (χ2n) is 7.84. The van der Waals surface area contributed by atoms with Crippen molar-refractivity contribution in [2.75, 3.05) is 13.1 Å². The van der Waals surface area contributed by atoms with E-state index in [9.17, 15) is 0 Å². The predicted molar refractivity (Wildman–Crippen MR) is 87.8 cm³/mol. The highest BCUT2D eigenvalue weighted by Gasteiger charge is 2.43. The third-order valence-corrected chi connectivity index (χ3v) is 6.44. The van der Waals surface area contributed by atoms with Crippen molar-refractivity contribution in [1.82, 2.24) is 4.90 Å². The molecule has 2 nitrogen and oxygen atoms in total. The van der Waals surface area contributed by atoms with Crippen LogP contribution in [-0.4, -0.2) is 29.6 Å². The van der Waals surface area contributed by atoms with E-state index in [2.05, 4.69) is 32.6 Å². The van der Waals surface area contributed by atoms with Crippen LogP contribution in [0.5, 0.6) is 0 Å². The molecule has 0 aromatic heterocycles. The zero-order valence-corrected chi connectivity index (χ0v) is 14.2. The first-order valence-electron chi connectivity index (χ1n) is 8.99. The van der Waals surface area contributed by atoms with Crippen molar-refractivity contribution in [2.24, 2.45) is 23.5 Å². The number of nitrogens with zero attached hydrogens (tertiary/aromatic N) is 1. The van der Waals surface area contributed by atoms with Crippen LogP contribution in [0.25, 0.3) is 0 Å². The molecule has 2 fully saturated rings. The van der Waals surface area contributed by atoms with Crippen LogP contribution >= 0.6 is 0 Å². The Kier molecular flexibility index (Phi) is 5.53. The molecule has 0 aromatic carbocycles. The monoisotopic (exact) mass is 280 g/mol. The van der Waals surface area contributed by atoms with Crippen LogP contribution in [0.15, 0.2) is 0 Å². The van der Waals surface area contributed by atoms with Gasteiger partial charge in [0.2, 0.25) is 0 Å². The molecule has 2 heteroatoms. The highest BCUT2D eigenvalue weighted by molar-refractivity contribution is 4.99. The summed E-state index contributed by atoms with van der Waals surface area (Å²) in [7, 11) is 0. The topological polar surface area (TPSA) is 29.3 Å². The maximum absolute atomic E-state index is 6.34. The summed E-state index contributed by atoms with van der Waals surface area (Å²) < 4.78 is 0. The maximum atomic E-state index is 6.34. The summed E-state index contributed by atoms with van der Waals surface area (Å²) in [6.07, 6.45) is 9.57. The summed E-state index contributed by atoms with van der Waals surface area (Å²) in [5, 5.41) is 0. The van der Waals surface area contributed by atoms with Crippen molar-refractivity contribution in [3.63, 3.8) is 0 Å². The van der Waals surface area contributed by atoms with Crippen molar-refractivity contribution < 1.29 is 0 Å². The van der Waals surface area contributed by atoms with Gasteiger partial charge in [-0.25, -0.2) is 0 Å². The van der Waals surface area contributed by atoms with E-state index in [4.69, 9.17) is 5.73 Å². The fourth-order valence-electron chi connectivity index (χ4n) is 4.82. The van der Waals surface area contributed by atoms with Gasteiger partial charge in [-0.15, -0.1) is 0 Å². The van der Waals surface area contributed by atoms with E-state index in [0.29, 0.717) is 11.6 Å². The number of hydrogen-bond acceptors (Lipinski definition) is 2. The molecule has 1 saturated heterocycles. The molecule has 5 unspecified atom stereocenters. The second-order valence-corrected chi connectivity index (χ2v) is 7.84. The summed E-state index contributed by atoms with van der Waals surface area (Å²) in [5.74, 6) is 2.58. The lowest BCUT2D eigenvalue weighted by Gasteiger charge is -2.52. The first kappa shape index (κ1) is 16.3. The molecule has 1 aliphatic carbocycles. The number of rotatable bonds is 3. The van der Waals surface area contributed by atoms with E-state index in [-0.39, 0.29) is 0 Å². The van der Waals surface area contributed by atoms with Gasteiger partial charge in [-0.1, -0.05) is 40.0 Å². The lowest BCUT2D eigenvalue weighted by atomic mass is 9.78. The summed E-state index contributed by atoms with van der Waals surface area (Å²) in [4.78, 5) is 2.82.